The normalized spacial score (nSPS) is 24.7. The molecule has 2 atom stereocenters. The van der Waals surface area contributed by atoms with Gasteiger partial charge in [-0.25, -0.2) is 4.79 Å². The second-order valence-corrected chi connectivity index (χ2v) is 4.68. The van der Waals surface area contributed by atoms with E-state index >= 15 is 0 Å². The average molecular weight is 257 g/mol. The molecule has 1 fully saturated rings. The summed E-state index contributed by atoms with van der Waals surface area (Å²) in [5, 5.41) is 11.6. The molecule has 0 bridgehead atoms. The summed E-state index contributed by atoms with van der Waals surface area (Å²) in [7, 11) is 0. The van der Waals surface area contributed by atoms with Crippen molar-refractivity contribution in [3.05, 3.63) is 0 Å². The van der Waals surface area contributed by atoms with Crippen LogP contribution < -0.4 is 11.1 Å². The van der Waals surface area contributed by atoms with Crippen molar-refractivity contribution in [2.24, 2.45) is 11.1 Å². The maximum atomic E-state index is 11.8. The fourth-order valence-corrected chi connectivity index (χ4v) is 2.01. The number of hydrogen-bond donors (Lipinski definition) is 3. The zero-order valence-electron chi connectivity index (χ0n) is 10.6. The zero-order chi connectivity index (χ0) is 13.9. The summed E-state index contributed by atoms with van der Waals surface area (Å²) >= 11 is 0. The van der Waals surface area contributed by atoms with Gasteiger partial charge in [-0.3, -0.25) is 9.59 Å². The number of aliphatic carboxylic acids is 1. The van der Waals surface area contributed by atoms with Gasteiger partial charge >= 0.3 is 12.0 Å². The Kier molecular flexibility index (Phi) is 4.15. The number of urea groups is 1. The number of amides is 3. The minimum absolute atomic E-state index is 0.163. The van der Waals surface area contributed by atoms with E-state index in [1.54, 1.807) is 6.92 Å². The molecule has 0 aromatic carbocycles. The fraction of sp³-hybridized carbons (Fsp3) is 0.727. The second-order valence-electron chi connectivity index (χ2n) is 4.68. The lowest BCUT2D eigenvalue weighted by Crippen LogP contribution is -2.48. The summed E-state index contributed by atoms with van der Waals surface area (Å²) in [4.78, 5) is 35.3. The Morgan fingerprint density at radius 3 is 2.50 bits per heavy atom. The Morgan fingerprint density at radius 2 is 2.11 bits per heavy atom. The highest BCUT2D eigenvalue weighted by molar-refractivity contribution is 5.86. The summed E-state index contributed by atoms with van der Waals surface area (Å²) in [6.07, 6.45) is 0.898. The topological polar surface area (TPSA) is 113 Å². The molecule has 7 heteroatoms. The third kappa shape index (κ3) is 2.72. The molecule has 18 heavy (non-hydrogen) atoms. The van der Waals surface area contributed by atoms with Gasteiger partial charge in [0.2, 0.25) is 5.91 Å². The lowest BCUT2D eigenvalue weighted by atomic mass is 9.84. The van der Waals surface area contributed by atoms with Crippen molar-refractivity contribution >= 4 is 17.9 Å². The number of carboxylic acids is 1. The smallest absolute Gasteiger partial charge is 0.318 e. The molecule has 1 saturated heterocycles. The van der Waals surface area contributed by atoms with Crippen LogP contribution >= 0.6 is 0 Å². The van der Waals surface area contributed by atoms with E-state index in [1.807, 2.05) is 0 Å². The van der Waals surface area contributed by atoms with E-state index < -0.39 is 29.4 Å². The molecule has 0 radical (unpaired) electrons. The highest BCUT2D eigenvalue weighted by Crippen LogP contribution is 2.34. The highest BCUT2D eigenvalue weighted by Gasteiger charge is 2.44. The van der Waals surface area contributed by atoms with Crippen molar-refractivity contribution in [1.29, 1.82) is 0 Å². The Hall–Kier alpha value is -1.79. The van der Waals surface area contributed by atoms with Crippen molar-refractivity contribution in [1.82, 2.24) is 10.2 Å². The van der Waals surface area contributed by atoms with Crippen molar-refractivity contribution < 1.29 is 19.5 Å². The molecule has 0 aliphatic carbocycles. The van der Waals surface area contributed by atoms with E-state index in [4.69, 9.17) is 5.73 Å². The van der Waals surface area contributed by atoms with Gasteiger partial charge < -0.3 is 21.1 Å². The van der Waals surface area contributed by atoms with E-state index in [1.165, 1.54) is 11.8 Å². The van der Waals surface area contributed by atoms with E-state index in [0.29, 0.717) is 19.4 Å². The van der Waals surface area contributed by atoms with Crippen LogP contribution in [0.5, 0.6) is 0 Å². The molecule has 4 N–H and O–H groups in total. The van der Waals surface area contributed by atoms with Gasteiger partial charge in [0.25, 0.3) is 0 Å². The molecule has 3 amide bonds. The minimum atomic E-state index is -0.886. The fourth-order valence-electron chi connectivity index (χ4n) is 2.01. The predicted octanol–water partition coefficient (Wildman–Crippen LogP) is -0.243. The first kappa shape index (κ1) is 14.3. The first-order valence-corrected chi connectivity index (χ1v) is 5.90. The Labute approximate surface area is 105 Å². The van der Waals surface area contributed by atoms with Crippen molar-refractivity contribution in [3.8, 4) is 0 Å². The van der Waals surface area contributed by atoms with Gasteiger partial charge in [0.15, 0.2) is 0 Å². The standard InChI is InChI=1S/C11H19N3O4/c1-3-11(9(16)17)4-5-14(6-11)10(18)13-7(2)8(12)15/h7H,3-6H2,1-2H3,(H2,12,15)(H,13,18)(H,16,17). The quantitative estimate of drug-likeness (QED) is 0.644. The number of primary amides is 1. The molecule has 102 valence electrons. The number of carbonyl (C=O) groups is 3. The molecule has 2 unspecified atom stereocenters. The molecule has 1 aliphatic heterocycles. The van der Waals surface area contributed by atoms with Crippen molar-refractivity contribution in [3.63, 3.8) is 0 Å². The van der Waals surface area contributed by atoms with Crippen LogP contribution in [0.2, 0.25) is 0 Å². The van der Waals surface area contributed by atoms with Crippen LogP contribution in [-0.2, 0) is 9.59 Å². The molecule has 1 rings (SSSR count). The number of rotatable bonds is 4. The highest BCUT2D eigenvalue weighted by atomic mass is 16.4. The molecule has 7 nitrogen and oxygen atoms in total. The van der Waals surface area contributed by atoms with Crippen LogP contribution in [0.3, 0.4) is 0 Å². The molecular weight excluding hydrogens is 238 g/mol. The summed E-state index contributed by atoms with van der Waals surface area (Å²) in [5.41, 5.74) is 4.18. The maximum absolute atomic E-state index is 11.8. The Morgan fingerprint density at radius 1 is 1.50 bits per heavy atom. The summed E-state index contributed by atoms with van der Waals surface area (Å²) in [6, 6.07) is -1.21. The lowest BCUT2D eigenvalue weighted by Gasteiger charge is -2.24. The number of nitrogens with two attached hydrogens (primary N) is 1. The van der Waals surface area contributed by atoms with Crippen LogP contribution in [0.15, 0.2) is 0 Å². The zero-order valence-corrected chi connectivity index (χ0v) is 10.6. The first-order valence-electron chi connectivity index (χ1n) is 5.90. The van der Waals surface area contributed by atoms with Gasteiger partial charge in [-0.15, -0.1) is 0 Å². The monoisotopic (exact) mass is 257 g/mol. The number of carbonyl (C=O) groups excluding carboxylic acids is 2. The number of nitrogens with one attached hydrogen (secondary N) is 1. The van der Waals surface area contributed by atoms with E-state index in [-0.39, 0.29) is 6.54 Å². The predicted molar refractivity (Wildman–Crippen MR) is 63.7 cm³/mol. The molecule has 0 aromatic rings. The van der Waals surface area contributed by atoms with Gasteiger partial charge in [-0.05, 0) is 19.8 Å². The Bertz CT molecular complexity index is 371. The van der Waals surface area contributed by atoms with Crippen LogP contribution in [0.4, 0.5) is 4.79 Å². The number of nitrogens with zero attached hydrogens (tertiary/aromatic N) is 1. The Balaban J connectivity index is 2.64. The molecule has 1 heterocycles. The minimum Gasteiger partial charge on any atom is -0.481 e. The van der Waals surface area contributed by atoms with Gasteiger partial charge in [-0.2, -0.15) is 0 Å². The van der Waals surface area contributed by atoms with Crippen molar-refractivity contribution in [2.75, 3.05) is 13.1 Å². The van der Waals surface area contributed by atoms with Crippen LogP contribution in [0, 0.1) is 5.41 Å². The third-order valence-electron chi connectivity index (χ3n) is 3.54. The molecule has 0 saturated carbocycles. The van der Waals surface area contributed by atoms with E-state index in [2.05, 4.69) is 5.32 Å². The molecule has 0 aromatic heterocycles. The van der Waals surface area contributed by atoms with Gasteiger partial charge in [0, 0.05) is 13.1 Å². The van der Waals surface area contributed by atoms with Crippen LogP contribution in [-0.4, -0.2) is 47.0 Å². The van der Waals surface area contributed by atoms with Gasteiger partial charge in [-0.1, -0.05) is 6.92 Å². The number of likely N-dealkylation sites (tertiary alicyclic amines) is 1. The van der Waals surface area contributed by atoms with Crippen LogP contribution in [0.1, 0.15) is 26.7 Å². The van der Waals surface area contributed by atoms with Gasteiger partial charge in [0.1, 0.15) is 6.04 Å². The maximum Gasteiger partial charge on any atom is 0.318 e. The average Bonchev–Trinajstić information content (AvgIpc) is 2.74. The van der Waals surface area contributed by atoms with E-state index in [0.717, 1.165) is 0 Å². The number of carboxylic acid groups (broad SMARTS) is 1. The first-order chi connectivity index (χ1) is 8.32. The molecular formula is C11H19N3O4. The molecule has 1 aliphatic rings. The molecule has 0 spiro atoms. The summed E-state index contributed by atoms with van der Waals surface area (Å²) in [5.74, 6) is -1.51. The lowest BCUT2D eigenvalue weighted by molar-refractivity contribution is -0.148. The van der Waals surface area contributed by atoms with Crippen LogP contribution in [0.25, 0.3) is 0 Å². The van der Waals surface area contributed by atoms with E-state index in [9.17, 15) is 19.5 Å². The largest absolute Gasteiger partial charge is 0.481 e. The number of hydrogen-bond acceptors (Lipinski definition) is 3. The van der Waals surface area contributed by atoms with Crippen molar-refractivity contribution in [2.45, 2.75) is 32.7 Å². The third-order valence-corrected chi connectivity index (χ3v) is 3.54. The van der Waals surface area contributed by atoms with Gasteiger partial charge in [0.05, 0.1) is 5.41 Å². The second kappa shape index (κ2) is 5.24. The summed E-state index contributed by atoms with van der Waals surface area (Å²) < 4.78 is 0. The SMILES string of the molecule is CCC1(C(=O)O)CCN(C(=O)NC(C)C(N)=O)C1. The summed E-state index contributed by atoms with van der Waals surface area (Å²) in [6.45, 7) is 3.82.